The standard InChI is InChI=1S/C18H17FN4OS2/c1-11-8-9-13(19)10-15(11)21-16(24)12(2)25-18-23-22-17(26-18)20-14-6-4-3-5-7-14/h3-10,12H,1-2H3,(H,20,22)(H,21,24). The molecule has 0 saturated carbocycles. The lowest BCUT2D eigenvalue weighted by Gasteiger charge is -2.12. The molecule has 3 rings (SSSR count). The summed E-state index contributed by atoms with van der Waals surface area (Å²) < 4.78 is 14.0. The van der Waals surface area contributed by atoms with Gasteiger partial charge in [-0.05, 0) is 43.7 Å². The number of anilines is 3. The van der Waals surface area contributed by atoms with E-state index >= 15 is 0 Å². The normalized spacial score (nSPS) is 11.8. The molecule has 1 unspecified atom stereocenters. The van der Waals surface area contributed by atoms with E-state index in [1.165, 1.54) is 35.2 Å². The molecule has 0 aliphatic rings. The third-order valence-electron chi connectivity index (χ3n) is 3.54. The van der Waals surface area contributed by atoms with Crippen LogP contribution in [0, 0.1) is 12.7 Å². The van der Waals surface area contributed by atoms with Crippen LogP contribution in [0.2, 0.25) is 0 Å². The predicted octanol–water partition coefficient (Wildman–Crippen LogP) is 4.85. The summed E-state index contributed by atoms with van der Waals surface area (Å²) in [6.07, 6.45) is 0. The fraction of sp³-hybridized carbons (Fsp3) is 0.167. The Bertz CT molecular complexity index is 901. The SMILES string of the molecule is Cc1ccc(F)cc1NC(=O)C(C)Sc1nnc(Nc2ccccc2)s1. The largest absolute Gasteiger partial charge is 0.330 e. The third-order valence-corrected chi connectivity index (χ3v) is 5.56. The van der Waals surface area contributed by atoms with Crippen molar-refractivity contribution in [2.75, 3.05) is 10.6 Å². The van der Waals surface area contributed by atoms with Crippen LogP contribution in [0.3, 0.4) is 0 Å². The Morgan fingerprint density at radius 3 is 2.73 bits per heavy atom. The number of hydrogen-bond donors (Lipinski definition) is 2. The molecule has 1 amide bonds. The number of aromatic nitrogens is 2. The Hall–Kier alpha value is -2.45. The Morgan fingerprint density at radius 1 is 1.19 bits per heavy atom. The van der Waals surface area contributed by atoms with Gasteiger partial charge in [-0.2, -0.15) is 0 Å². The molecule has 0 spiro atoms. The van der Waals surface area contributed by atoms with E-state index in [9.17, 15) is 9.18 Å². The molecule has 134 valence electrons. The summed E-state index contributed by atoms with van der Waals surface area (Å²) in [6.45, 7) is 3.60. The minimum absolute atomic E-state index is 0.212. The smallest absolute Gasteiger partial charge is 0.237 e. The lowest BCUT2D eigenvalue weighted by Crippen LogP contribution is -2.22. The van der Waals surface area contributed by atoms with Gasteiger partial charge in [-0.15, -0.1) is 10.2 Å². The minimum atomic E-state index is -0.393. The van der Waals surface area contributed by atoms with Crippen molar-refractivity contribution in [3.63, 3.8) is 0 Å². The maximum Gasteiger partial charge on any atom is 0.237 e. The topological polar surface area (TPSA) is 66.9 Å². The number of hydrogen-bond acceptors (Lipinski definition) is 6. The second-order valence-corrected chi connectivity index (χ2v) is 8.14. The molecule has 8 heteroatoms. The van der Waals surface area contributed by atoms with Gasteiger partial charge in [-0.3, -0.25) is 4.79 Å². The van der Waals surface area contributed by atoms with Crippen molar-refractivity contribution in [2.45, 2.75) is 23.4 Å². The molecule has 2 aromatic carbocycles. The zero-order valence-electron chi connectivity index (χ0n) is 14.2. The van der Waals surface area contributed by atoms with Crippen molar-refractivity contribution in [2.24, 2.45) is 0 Å². The molecule has 2 N–H and O–H groups in total. The van der Waals surface area contributed by atoms with Gasteiger partial charge in [0.05, 0.1) is 5.25 Å². The van der Waals surface area contributed by atoms with E-state index < -0.39 is 5.25 Å². The molecule has 1 heterocycles. The number of benzene rings is 2. The Kier molecular flexibility index (Phi) is 5.85. The number of rotatable bonds is 6. The van der Waals surface area contributed by atoms with Gasteiger partial charge in [0.2, 0.25) is 11.0 Å². The molecule has 0 fully saturated rings. The number of nitrogens with one attached hydrogen (secondary N) is 2. The van der Waals surface area contributed by atoms with Crippen LogP contribution in [0.1, 0.15) is 12.5 Å². The average Bonchev–Trinajstić information content (AvgIpc) is 3.05. The van der Waals surface area contributed by atoms with Crippen molar-refractivity contribution in [3.05, 3.63) is 59.9 Å². The van der Waals surface area contributed by atoms with Crippen molar-refractivity contribution in [3.8, 4) is 0 Å². The second kappa shape index (κ2) is 8.29. The first-order valence-corrected chi connectivity index (χ1v) is 9.60. The summed E-state index contributed by atoms with van der Waals surface area (Å²) in [5.41, 5.74) is 2.21. The molecule has 1 atom stereocenters. The maximum atomic E-state index is 13.3. The van der Waals surface area contributed by atoms with E-state index in [1.807, 2.05) is 37.3 Å². The summed E-state index contributed by atoms with van der Waals surface area (Å²) in [4.78, 5) is 12.4. The van der Waals surface area contributed by atoms with Gasteiger partial charge in [-0.25, -0.2) is 4.39 Å². The highest BCUT2D eigenvalue weighted by atomic mass is 32.2. The first-order valence-electron chi connectivity index (χ1n) is 7.90. The summed E-state index contributed by atoms with van der Waals surface area (Å²) in [7, 11) is 0. The van der Waals surface area contributed by atoms with Crippen LogP contribution in [-0.2, 0) is 4.79 Å². The van der Waals surface area contributed by atoms with Gasteiger partial charge >= 0.3 is 0 Å². The van der Waals surface area contributed by atoms with Crippen LogP contribution < -0.4 is 10.6 Å². The van der Waals surface area contributed by atoms with Crippen LogP contribution in [0.15, 0.2) is 52.9 Å². The Morgan fingerprint density at radius 2 is 1.96 bits per heavy atom. The van der Waals surface area contributed by atoms with Gasteiger partial charge < -0.3 is 10.6 Å². The number of para-hydroxylation sites is 1. The molecule has 0 aliphatic heterocycles. The van der Waals surface area contributed by atoms with Crippen molar-refractivity contribution in [1.82, 2.24) is 10.2 Å². The molecule has 0 radical (unpaired) electrons. The molecule has 3 aromatic rings. The van der Waals surface area contributed by atoms with Crippen LogP contribution in [0.4, 0.5) is 20.9 Å². The number of halogens is 1. The first-order chi connectivity index (χ1) is 12.5. The zero-order valence-corrected chi connectivity index (χ0v) is 15.8. The third kappa shape index (κ3) is 4.80. The van der Waals surface area contributed by atoms with Crippen LogP contribution >= 0.6 is 23.1 Å². The quantitative estimate of drug-likeness (QED) is 0.591. The van der Waals surface area contributed by atoms with Gasteiger partial charge in [0.1, 0.15) is 5.82 Å². The number of aryl methyl sites for hydroxylation is 1. The molecule has 1 aromatic heterocycles. The molecule has 26 heavy (non-hydrogen) atoms. The molecule has 0 saturated heterocycles. The van der Waals surface area contributed by atoms with E-state index in [4.69, 9.17) is 0 Å². The van der Waals surface area contributed by atoms with Crippen molar-refractivity contribution in [1.29, 1.82) is 0 Å². The van der Waals surface area contributed by atoms with Crippen LogP contribution in [0.5, 0.6) is 0 Å². The number of nitrogens with zero attached hydrogens (tertiary/aromatic N) is 2. The fourth-order valence-corrected chi connectivity index (χ4v) is 4.04. The summed E-state index contributed by atoms with van der Waals surface area (Å²) >= 11 is 2.69. The number of carbonyl (C=O) groups is 1. The molecule has 0 bridgehead atoms. The lowest BCUT2D eigenvalue weighted by molar-refractivity contribution is -0.115. The second-order valence-electron chi connectivity index (χ2n) is 5.57. The predicted molar refractivity (Wildman–Crippen MR) is 105 cm³/mol. The van der Waals surface area contributed by atoms with E-state index in [-0.39, 0.29) is 11.7 Å². The van der Waals surface area contributed by atoms with Gasteiger partial charge in [0.15, 0.2) is 4.34 Å². The van der Waals surface area contributed by atoms with Crippen molar-refractivity contribution < 1.29 is 9.18 Å². The number of carbonyl (C=O) groups excluding carboxylic acids is 1. The van der Waals surface area contributed by atoms with Crippen LogP contribution in [0.25, 0.3) is 0 Å². The Labute approximate surface area is 159 Å². The molecular weight excluding hydrogens is 371 g/mol. The van der Waals surface area contributed by atoms with Crippen molar-refractivity contribution >= 4 is 45.5 Å². The fourth-order valence-electron chi connectivity index (χ4n) is 2.12. The van der Waals surface area contributed by atoms with E-state index in [1.54, 1.807) is 13.0 Å². The molecular formula is C18H17FN4OS2. The number of thioether (sulfide) groups is 1. The molecule has 5 nitrogen and oxygen atoms in total. The van der Waals surface area contributed by atoms with Gasteiger partial charge in [-0.1, -0.05) is 47.4 Å². The summed E-state index contributed by atoms with van der Waals surface area (Å²) in [5, 5.41) is 14.4. The van der Waals surface area contributed by atoms with Crippen LogP contribution in [-0.4, -0.2) is 21.4 Å². The first kappa shape index (κ1) is 18.3. The van der Waals surface area contributed by atoms with E-state index in [0.29, 0.717) is 15.2 Å². The lowest BCUT2D eigenvalue weighted by atomic mass is 10.2. The summed E-state index contributed by atoms with van der Waals surface area (Å²) in [5.74, 6) is -0.594. The molecule has 0 aliphatic carbocycles. The highest BCUT2D eigenvalue weighted by molar-refractivity contribution is 8.02. The van der Waals surface area contributed by atoms with E-state index in [2.05, 4.69) is 20.8 Å². The minimum Gasteiger partial charge on any atom is -0.330 e. The monoisotopic (exact) mass is 388 g/mol. The highest BCUT2D eigenvalue weighted by Gasteiger charge is 2.18. The van der Waals surface area contributed by atoms with E-state index in [0.717, 1.165) is 11.3 Å². The van der Waals surface area contributed by atoms with Gasteiger partial charge in [0.25, 0.3) is 0 Å². The summed E-state index contributed by atoms with van der Waals surface area (Å²) in [6, 6.07) is 14.0. The van der Waals surface area contributed by atoms with Gasteiger partial charge in [0, 0.05) is 11.4 Å². The maximum absolute atomic E-state index is 13.3. The average molecular weight is 388 g/mol. The zero-order chi connectivity index (χ0) is 18.5. The Balaban J connectivity index is 1.60. The highest BCUT2D eigenvalue weighted by Crippen LogP contribution is 2.31. The number of amides is 1.